The molecule has 80 valence electrons. The number of hydrogen-bond donors (Lipinski definition) is 7. The first-order chi connectivity index (χ1) is 4.00. The Morgan fingerprint density at radius 2 is 0.929 bits per heavy atom. The van der Waals surface area contributed by atoms with Gasteiger partial charge in [-0.3, -0.25) is 0 Å². The fourth-order valence-electron chi connectivity index (χ4n) is 0. The molecule has 0 saturated carbocycles. The number of hydrogen-bond acceptors (Lipinski definition) is 5. The van der Waals surface area contributed by atoms with Gasteiger partial charge in [-0.2, -0.15) is 0 Å². The van der Waals surface area contributed by atoms with Gasteiger partial charge in [0.15, 0.2) is 17.4 Å². The molecule has 0 atom stereocenters. The summed E-state index contributed by atoms with van der Waals surface area (Å²) in [5, 5.41) is 0. The minimum absolute atomic E-state index is 0. The molecule has 0 aliphatic rings. The summed E-state index contributed by atoms with van der Waals surface area (Å²) in [6.07, 6.45) is 0. The van der Waals surface area contributed by atoms with Crippen molar-refractivity contribution in [2.24, 2.45) is 0 Å². The Morgan fingerprint density at radius 1 is 0.929 bits per heavy atom. The minimum atomic E-state index is -4.64. The molecular weight excluding hydrogens is 407 g/mol. The predicted octanol–water partition coefficient (Wildman–Crippen LogP) is -6.56. The summed E-state index contributed by atoms with van der Waals surface area (Å²) in [5.41, 5.74) is 0. The first-order valence-corrected chi connectivity index (χ1v) is 5.03. The quantitative estimate of drug-likeness (QED) is 0.150. The van der Waals surface area contributed by atoms with Crippen LogP contribution in [-0.2, 0) is 24.0 Å². The van der Waals surface area contributed by atoms with Crippen molar-refractivity contribution in [2.75, 3.05) is 0 Å². The molecule has 0 radical (unpaired) electrons. The molecule has 0 amide bonds. The van der Waals surface area contributed by atoms with E-state index >= 15 is 0 Å². The van der Waals surface area contributed by atoms with E-state index in [4.69, 9.17) is 38.4 Å². The van der Waals surface area contributed by atoms with Crippen LogP contribution in [0.4, 0.5) is 0 Å². The fourth-order valence-corrected chi connectivity index (χ4v) is 0. The topological polar surface area (TPSA) is 159 Å². The van der Waals surface area contributed by atoms with Gasteiger partial charge in [0.2, 0.25) is 0 Å². The van der Waals surface area contributed by atoms with Gasteiger partial charge in [0.25, 0.3) is 0 Å². The van der Waals surface area contributed by atoms with Crippen LogP contribution in [0.15, 0.2) is 0 Å². The van der Waals surface area contributed by atoms with E-state index < -0.39 is 16.9 Å². The van der Waals surface area contributed by atoms with E-state index in [0.717, 1.165) is 0 Å². The summed E-state index contributed by atoms with van der Waals surface area (Å²) in [4.78, 5) is 50.9. The van der Waals surface area contributed by atoms with Crippen LogP contribution in [0.25, 0.3) is 0 Å². The second kappa shape index (κ2) is 17.1. The Morgan fingerprint density at radius 3 is 0.929 bits per heavy atom. The number of phosphoric acid groups is 1. The van der Waals surface area contributed by atoms with E-state index in [1.807, 2.05) is 0 Å². The van der Waals surface area contributed by atoms with E-state index in [0.29, 0.717) is 0 Å². The Balaban J connectivity index is -0.0000000178. The zero-order chi connectivity index (χ0) is 9.00. The van der Waals surface area contributed by atoms with E-state index in [1.165, 1.54) is 0 Å². The molecule has 0 aliphatic heterocycles. The van der Waals surface area contributed by atoms with Gasteiger partial charge in [0, 0.05) is 19.5 Å². The molecule has 8 nitrogen and oxygen atoms in total. The first-order valence-electron chi connectivity index (χ1n) is 1.68. The van der Waals surface area contributed by atoms with Crippen molar-refractivity contribution >= 4 is 117 Å². The van der Waals surface area contributed by atoms with Gasteiger partial charge >= 0.3 is 100 Å². The van der Waals surface area contributed by atoms with Crippen molar-refractivity contribution in [3.05, 3.63) is 0 Å². The third-order valence-electron chi connectivity index (χ3n) is 0. The monoisotopic (exact) mass is 420 g/mol. The van der Waals surface area contributed by atoms with E-state index in [-0.39, 0.29) is 120 Å². The summed E-state index contributed by atoms with van der Waals surface area (Å²) in [7, 11) is -9.25. The van der Waals surface area contributed by atoms with Gasteiger partial charge in [-0.05, 0) is 0 Å². The fraction of sp³-hybridized carbons (Fsp3) is 0. The van der Waals surface area contributed by atoms with Gasteiger partial charge in [0.1, 0.15) is 0 Å². The summed E-state index contributed by atoms with van der Waals surface area (Å²) in [5.74, 6) is 0. The molecule has 0 fully saturated rings. The number of rotatable bonds is 0. The maximum atomic E-state index is 8.88. The van der Waals surface area contributed by atoms with Crippen LogP contribution in [-0.4, -0.2) is 143 Å². The van der Waals surface area contributed by atoms with Gasteiger partial charge in [-0.15, -0.1) is 0 Å². The summed E-state index contributed by atoms with van der Waals surface area (Å²) < 4.78 is 8.88. The van der Waals surface area contributed by atoms with Crippen molar-refractivity contribution < 1.29 is 57.9 Å². The molecule has 0 saturated heterocycles. The standard InChI is InChI=1S/Al.Ca.H3O4P.H4O4Si.Sr.Zn.7H/c;;2*1-5(2,3)4;;;;;;;;;/h;;(H3,1,2,3,4);1-4H;;;;;;;;;. The smallest absolute Gasteiger partial charge is 0 e. The van der Waals surface area contributed by atoms with Crippen LogP contribution < -0.4 is 0 Å². The van der Waals surface area contributed by atoms with Gasteiger partial charge in [0.05, 0.1) is 0 Å². The van der Waals surface area contributed by atoms with Crippen molar-refractivity contribution in [3.8, 4) is 0 Å². The van der Waals surface area contributed by atoms with Crippen LogP contribution in [0.5, 0.6) is 0 Å². The Hall–Kier alpha value is 4.06. The molecule has 7 N–H and O–H groups in total. The van der Waals surface area contributed by atoms with Crippen LogP contribution in [0.3, 0.4) is 0 Å². The third-order valence-corrected chi connectivity index (χ3v) is 0. The van der Waals surface area contributed by atoms with Crippen LogP contribution >= 0.6 is 7.82 Å². The molecule has 0 aromatic rings. The average Bonchev–Trinajstić information content (AvgIpc) is 1.12. The average molecular weight is 421 g/mol. The molecule has 0 aromatic heterocycles. The van der Waals surface area contributed by atoms with Crippen molar-refractivity contribution in [1.82, 2.24) is 0 Å². The van der Waals surface area contributed by atoms with E-state index in [1.54, 1.807) is 0 Å². The third kappa shape index (κ3) is 221. The molecule has 0 rings (SSSR count). The molecule has 0 spiro atoms. The van der Waals surface area contributed by atoms with E-state index in [2.05, 4.69) is 0 Å². The SMILES string of the molecule is O=P(O)(O)O.O[Si](O)(O)O.[AlH3].[CaH2].[SrH2].[Zn]. The van der Waals surface area contributed by atoms with Crippen LogP contribution in [0.1, 0.15) is 0 Å². The molecule has 0 aliphatic carbocycles. The molecule has 0 heterocycles. The second-order valence-corrected chi connectivity index (χ2v) is 3.34. The Bertz CT molecular complexity index is 122. The molecule has 14 heavy (non-hydrogen) atoms. The van der Waals surface area contributed by atoms with Crippen molar-refractivity contribution in [2.45, 2.75) is 0 Å². The van der Waals surface area contributed by atoms with Crippen molar-refractivity contribution in [1.29, 1.82) is 0 Å². The van der Waals surface area contributed by atoms with Gasteiger partial charge < -0.3 is 33.9 Å². The normalized spacial score (nSPS) is 8.50. The largest absolute Gasteiger partial charge is 0 e. The molecule has 0 bridgehead atoms. The van der Waals surface area contributed by atoms with Gasteiger partial charge in [-0.25, -0.2) is 4.57 Å². The molecule has 14 heteroatoms. The summed E-state index contributed by atoms with van der Waals surface area (Å²) in [6, 6.07) is 0. The molecule has 0 aromatic carbocycles. The predicted molar refractivity (Wildman–Crippen MR) is 55.9 cm³/mol. The zero-order valence-corrected chi connectivity index (χ0v) is 10.1. The van der Waals surface area contributed by atoms with Gasteiger partial charge in [-0.1, -0.05) is 0 Å². The van der Waals surface area contributed by atoms with Crippen LogP contribution in [0.2, 0.25) is 0 Å². The zero-order valence-electron chi connectivity index (χ0n) is 5.19. The summed E-state index contributed by atoms with van der Waals surface area (Å²) >= 11 is 0. The Labute approximate surface area is 172 Å². The van der Waals surface area contributed by atoms with Crippen molar-refractivity contribution in [3.63, 3.8) is 0 Å². The maximum absolute atomic E-state index is 8.88. The first kappa shape index (κ1) is 36.1. The molecular formula is H14AlCaO8PSiSrZn. The maximum Gasteiger partial charge on any atom is 0 e. The molecule has 0 unspecified atom stereocenters. The van der Waals surface area contributed by atoms with E-state index in [9.17, 15) is 0 Å². The second-order valence-electron chi connectivity index (χ2n) is 1.11. The summed E-state index contributed by atoms with van der Waals surface area (Å²) in [6.45, 7) is 0. The van der Waals surface area contributed by atoms with Crippen LogP contribution in [0, 0.1) is 0 Å². The Kier molecular flexibility index (Phi) is 44.0. The minimum Gasteiger partial charge on any atom is 0 e.